The van der Waals surface area contributed by atoms with Gasteiger partial charge in [-0.3, -0.25) is 9.48 Å². The summed E-state index contributed by atoms with van der Waals surface area (Å²) in [4.78, 5) is 25.9. The van der Waals surface area contributed by atoms with E-state index in [9.17, 15) is 14.7 Å². The van der Waals surface area contributed by atoms with Crippen LogP contribution in [0.3, 0.4) is 0 Å². The van der Waals surface area contributed by atoms with E-state index in [1.54, 1.807) is 59.0 Å². The molecule has 0 aliphatic heterocycles. The van der Waals surface area contributed by atoms with Gasteiger partial charge in [0.25, 0.3) is 0 Å². The van der Waals surface area contributed by atoms with Crippen molar-refractivity contribution in [1.29, 1.82) is 0 Å². The van der Waals surface area contributed by atoms with Crippen LogP contribution in [0.15, 0.2) is 29.1 Å². The second-order valence-corrected chi connectivity index (χ2v) is 7.64. The second-order valence-electron chi connectivity index (χ2n) is 7.23. The molecule has 0 saturated carbocycles. The molecule has 2 aromatic heterocycles. The molecule has 0 aliphatic carbocycles. The van der Waals surface area contributed by atoms with Crippen LogP contribution in [-0.2, 0) is 11.8 Å². The summed E-state index contributed by atoms with van der Waals surface area (Å²) in [6, 6.07) is 6.64. The van der Waals surface area contributed by atoms with Gasteiger partial charge in [0.2, 0.25) is 5.43 Å². The minimum absolute atomic E-state index is 0.0321. The molecule has 27 heavy (non-hydrogen) atoms. The lowest BCUT2D eigenvalue weighted by Gasteiger charge is -2.23. The van der Waals surface area contributed by atoms with Gasteiger partial charge in [-0.1, -0.05) is 29.8 Å². The molecule has 0 spiro atoms. The van der Waals surface area contributed by atoms with E-state index >= 15 is 0 Å². The highest BCUT2D eigenvalue weighted by atomic mass is 35.5. The average Bonchev–Trinajstić information content (AvgIpc) is 2.84. The van der Waals surface area contributed by atoms with Crippen molar-refractivity contribution < 1.29 is 14.6 Å². The van der Waals surface area contributed by atoms with Crippen LogP contribution in [0.5, 0.6) is 5.75 Å². The lowest BCUT2D eigenvalue weighted by Crippen LogP contribution is -2.30. The topological polar surface area (TPSA) is 86.4 Å². The molecular weight excluding hydrogens is 370 g/mol. The summed E-state index contributed by atoms with van der Waals surface area (Å²) in [5.41, 5.74) is -0.482. The molecule has 8 heteroatoms. The van der Waals surface area contributed by atoms with Crippen molar-refractivity contribution in [2.24, 2.45) is 7.05 Å². The maximum absolute atomic E-state index is 13.0. The molecule has 0 radical (unpaired) electrons. The van der Waals surface area contributed by atoms with Crippen LogP contribution in [-0.4, -0.2) is 31.1 Å². The number of fused-ring (bicyclic) bond motifs is 1. The van der Waals surface area contributed by atoms with Crippen LogP contribution in [0.1, 0.15) is 26.5 Å². The van der Waals surface area contributed by atoms with Gasteiger partial charge < -0.3 is 9.84 Å². The first kappa shape index (κ1) is 19.0. The van der Waals surface area contributed by atoms with Crippen molar-refractivity contribution in [3.8, 4) is 17.0 Å². The third-order valence-electron chi connectivity index (χ3n) is 4.00. The van der Waals surface area contributed by atoms with Gasteiger partial charge in [0.05, 0.1) is 16.1 Å². The maximum Gasteiger partial charge on any atom is 0.420 e. The van der Waals surface area contributed by atoms with Crippen LogP contribution in [0.4, 0.5) is 4.79 Å². The number of benzene rings is 1. The van der Waals surface area contributed by atoms with E-state index in [0.717, 1.165) is 4.57 Å². The average molecular weight is 390 g/mol. The number of aromatic hydroxyl groups is 1. The highest BCUT2D eigenvalue weighted by Crippen LogP contribution is 2.35. The molecule has 0 aliphatic rings. The van der Waals surface area contributed by atoms with E-state index in [2.05, 4.69) is 5.10 Å². The van der Waals surface area contributed by atoms with Gasteiger partial charge in [0, 0.05) is 12.6 Å². The number of aromatic nitrogens is 3. The van der Waals surface area contributed by atoms with E-state index in [-0.39, 0.29) is 21.7 Å². The number of pyridine rings is 1. The summed E-state index contributed by atoms with van der Waals surface area (Å²) in [5, 5.41) is 15.4. The van der Waals surface area contributed by atoms with Crippen LogP contribution < -0.4 is 5.43 Å². The number of rotatable bonds is 1. The summed E-state index contributed by atoms with van der Waals surface area (Å²) in [7, 11) is 1.61. The second kappa shape index (κ2) is 6.42. The van der Waals surface area contributed by atoms with Crippen LogP contribution in [0, 0.1) is 6.92 Å². The molecule has 0 fully saturated rings. The Morgan fingerprint density at radius 1 is 1.26 bits per heavy atom. The molecule has 7 nitrogen and oxygen atoms in total. The zero-order chi connectivity index (χ0) is 20.1. The number of ether oxygens (including phenoxy) is 1. The molecular formula is C19H20ClN3O4. The highest BCUT2D eigenvalue weighted by molar-refractivity contribution is 6.33. The SMILES string of the molecule is Cc1nn(C)c2c1c(=O)c(O)c(-c1ccccc1Cl)n2C(=O)OC(C)(C)C. The Hall–Kier alpha value is -2.80. The van der Waals surface area contributed by atoms with Crippen molar-refractivity contribution in [2.75, 3.05) is 0 Å². The number of hydrogen-bond donors (Lipinski definition) is 1. The number of aryl methyl sites for hydroxylation is 2. The van der Waals surface area contributed by atoms with E-state index in [1.165, 1.54) is 4.68 Å². The molecule has 142 valence electrons. The molecule has 3 aromatic rings. The van der Waals surface area contributed by atoms with Gasteiger partial charge in [-0.05, 0) is 33.8 Å². The van der Waals surface area contributed by atoms with Crippen LogP contribution >= 0.6 is 11.6 Å². The van der Waals surface area contributed by atoms with Gasteiger partial charge in [-0.2, -0.15) is 5.10 Å². The Bertz CT molecular complexity index is 1120. The van der Waals surface area contributed by atoms with Crippen molar-refractivity contribution in [3.05, 3.63) is 45.2 Å². The minimum Gasteiger partial charge on any atom is -0.503 e. The lowest BCUT2D eigenvalue weighted by atomic mass is 10.1. The first-order valence-corrected chi connectivity index (χ1v) is 8.70. The van der Waals surface area contributed by atoms with E-state index in [1.807, 2.05) is 0 Å². The van der Waals surface area contributed by atoms with Crippen molar-refractivity contribution in [3.63, 3.8) is 0 Å². The largest absolute Gasteiger partial charge is 0.503 e. The molecule has 0 saturated heterocycles. The Balaban J connectivity index is 2.51. The van der Waals surface area contributed by atoms with E-state index in [4.69, 9.17) is 16.3 Å². The summed E-state index contributed by atoms with van der Waals surface area (Å²) in [6.45, 7) is 6.83. The maximum atomic E-state index is 13.0. The predicted octanol–water partition coefficient (Wildman–Crippen LogP) is 3.85. The third-order valence-corrected chi connectivity index (χ3v) is 4.33. The number of carbonyl (C=O) groups excluding carboxylic acids is 1. The molecule has 1 N–H and O–H groups in total. The number of carbonyl (C=O) groups is 1. The van der Waals surface area contributed by atoms with Crippen molar-refractivity contribution in [2.45, 2.75) is 33.3 Å². The molecule has 3 rings (SSSR count). The van der Waals surface area contributed by atoms with Gasteiger partial charge in [-0.25, -0.2) is 9.36 Å². The monoisotopic (exact) mass is 389 g/mol. The first-order chi connectivity index (χ1) is 12.5. The summed E-state index contributed by atoms with van der Waals surface area (Å²) >= 11 is 6.29. The van der Waals surface area contributed by atoms with Crippen molar-refractivity contribution >= 4 is 28.7 Å². The molecule has 0 atom stereocenters. The molecule has 1 aromatic carbocycles. The predicted molar refractivity (Wildman–Crippen MR) is 103 cm³/mol. The Kier molecular flexibility index (Phi) is 4.51. The lowest BCUT2D eigenvalue weighted by molar-refractivity contribution is 0.0543. The molecule has 0 amide bonds. The Morgan fingerprint density at radius 3 is 2.48 bits per heavy atom. The summed E-state index contributed by atoms with van der Waals surface area (Å²) in [5.74, 6) is -0.586. The molecule has 2 heterocycles. The van der Waals surface area contributed by atoms with Gasteiger partial charge >= 0.3 is 6.09 Å². The molecule has 0 unspecified atom stereocenters. The number of hydrogen-bond acceptors (Lipinski definition) is 5. The fourth-order valence-electron chi connectivity index (χ4n) is 2.99. The zero-order valence-corrected chi connectivity index (χ0v) is 16.5. The van der Waals surface area contributed by atoms with Gasteiger partial charge in [0.15, 0.2) is 11.4 Å². The van der Waals surface area contributed by atoms with E-state index in [0.29, 0.717) is 11.3 Å². The van der Waals surface area contributed by atoms with Crippen molar-refractivity contribution in [1.82, 2.24) is 14.3 Å². The summed E-state index contributed by atoms with van der Waals surface area (Å²) < 4.78 is 8.08. The quantitative estimate of drug-likeness (QED) is 0.683. The van der Waals surface area contributed by atoms with Gasteiger partial charge in [0.1, 0.15) is 11.3 Å². The third kappa shape index (κ3) is 3.19. The number of nitrogens with zero attached hydrogens (tertiary/aromatic N) is 3. The van der Waals surface area contributed by atoms with Gasteiger partial charge in [-0.15, -0.1) is 0 Å². The summed E-state index contributed by atoms with van der Waals surface area (Å²) in [6.07, 6.45) is -0.749. The normalized spacial score (nSPS) is 11.8. The molecule has 0 bridgehead atoms. The Labute approximate surface area is 160 Å². The first-order valence-electron chi connectivity index (χ1n) is 8.32. The minimum atomic E-state index is -0.784. The highest BCUT2D eigenvalue weighted by Gasteiger charge is 2.29. The zero-order valence-electron chi connectivity index (χ0n) is 15.7. The fraction of sp³-hybridized carbons (Fsp3) is 0.316. The smallest absolute Gasteiger partial charge is 0.420 e. The number of halogens is 1. The standard InChI is InChI=1S/C19H20ClN3O4/c1-10-13-15(24)16(25)14(11-8-6-7-9-12(11)20)23(17(13)22(5)21-10)18(26)27-19(2,3)4/h6-9,25H,1-5H3. The van der Waals surface area contributed by atoms with Crippen LogP contribution in [0.25, 0.3) is 22.3 Å². The fourth-order valence-corrected chi connectivity index (χ4v) is 3.22. The van der Waals surface area contributed by atoms with Crippen LogP contribution in [0.2, 0.25) is 5.02 Å². The Morgan fingerprint density at radius 2 is 1.89 bits per heavy atom. The van der Waals surface area contributed by atoms with E-state index < -0.39 is 22.9 Å².